The number of piperazine rings is 1. The normalized spacial score (nSPS) is 22.1. The summed E-state index contributed by atoms with van der Waals surface area (Å²) in [6, 6.07) is 0. The summed E-state index contributed by atoms with van der Waals surface area (Å²) in [5.74, 6) is 1.88. The van der Waals surface area contributed by atoms with Gasteiger partial charge in [-0.3, -0.25) is 0 Å². The third-order valence-electron chi connectivity index (χ3n) is 4.67. The summed E-state index contributed by atoms with van der Waals surface area (Å²) in [4.78, 5) is 5.31. The zero-order valence-electron chi connectivity index (χ0n) is 15.0. The van der Waals surface area contributed by atoms with E-state index in [4.69, 9.17) is 0 Å². The molecule has 0 bridgehead atoms. The van der Waals surface area contributed by atoms with Gasteiger partial charge in [-0.05, 0) is 63.7 Å². The van der Waals surface area contributed by atoms with Crippen molar-refractivity contribution >= 4 is 0 Å². The molecule has 2 saturated heterocycles. The predicted octanol–water partition coefficient (Wildman–Crippen LogP) is 3.07. The Hall–Kier alpha value is -0.120. The Balaban J connectivity index is 0.00000106. The molecular formula is C18H39N3. The standard InChI is InChI=1S/C16H33N3.C2H6/c1-15(2)14-16-4-10-18(11-5-16)8-3-9-19-12-6-17-7-13-19;1-2/h15-17H,3-14H2,1-2H3;1-2H3. The second-order valence-corrected chi connectivity index (χ2v) is 6.86. The first-order chi connectivity index (χ1) is 10.2. The van der Waals surface area contributed by atoms with Crippen molar-refractivity contribution in [2.24, 2.45) is 11.8 Å². The minimum absolute atomic E-state index is 0.879. The van der Waals surface area contributed by atoms with Crippen molar-refractivity contribution < 1.29 is 0 Å². The van der Waals surface area contributed by atoms with Crippen molar-refractivity contribution in [2.45, 2.75) is 53.4 Å². The molecule has 0 saturated carbocycles. The number of likely N-dealkylation sites (tertiary alicyclic amines) is 1. The third-order valence-corrected chi connectivity index (χ3v) is 4.67. The van der Waals surface area contributed by atoms with Gasteiger partial charge in [0.05, 0.1) is 0 Å². The zero-order valence-corrected chi connectivity index (χ0v) is 15.0. The first kappa shape index (κ1) is 18.9. The Labute approximate surface area is 133 Å². The van der Waals surface area contributed by atoms with Crippen LogP contribution in [0.2, 0.25) is 0 Å². The Morgan fingerprint density at radius 2 is 1.43 bits per heavy atom. The monoisotopic (exact) mass is 297 g/mol. The van der Waals surface area contributed by atoms with E-state index >= 15 is 0 Å². The van der Waals surface area contributed by atoms with Gasteiger partial charge in [0.25, 0.3) is 0 Å². The molecule has 0 radical (unpaired) electrons. The molecule has 2 aliphatic rings. The quantitative estimate of drug-likeness (QED) is 0.813. The van der Waals surface area contributed by atoms with Crippen LogP contribution in [0.1, 0.15) is 53.4 Å². The van der Waals surface area contributed by atoms with Crippen LogP contribution in [-0.2, 0) is 0 Å². The number of piperidine rings is 1. The maximum Gasteiger partial charge on any atom is 0.0107 e. The molecule has 0 spiro atoms. The van der Waals surface area contributed by atoms with E-state index in [0.29, 0.717) is 0 Å². The molecule has 0 aromatic rings. The fourth-order valence-corrected chi connectivity index (χ4v) is 3.57. The second-order valence-electron chi connectivity index (χ2n) is 6.86. The SMILES string of the molecule is CC.CC(C)CC1CCN(CCCN2CCNCC2)CC1. The average Bonchev–Trinajstić information content (AvgIpc) is 2.52. The molecule has 3 nitrogen and oxygen atoms in total. The number of nitrogens with zero attached hydrogens (tertiary/aromatic N) is 2. The highest BCUT2D eigenvalue weighted by Crippen LogP contribution is 2.23. The van der Waals surface area contributed by atoms with Crippen LogP contribution in [-0.4, -0.2) is 62.2 Å². The van der Waals surface area contributed by atoms with Crippen molar-refractivity contribution in [3.8, 4) is 0 Å². The molecule has 0 atom stereocenters. The van der Waals surface area contributed by atoms with Gasteiger partial charge >= 0.3 is 0 Å². The van der Waals surface area contributed by atoms with E-state index in [1.165, 1.54) is 78.0 Å². The molecule has 2 fully saturated rings. The average molecular weight is 298 g/mol. The first-order valence-electron chi connectivity index (χ1n) is 9.39. The highest BCUT2D eigenvalue weighted by atomic mass is 15.2. The van der Waals surface area contributed by atoms with Crippen molar-refractivity contribution in [1.29, 1.82) is 0 Å². The van der Waals surface area contributed by atoms with Crippen molar-refractivity contribution in [3.63, 3.8) is 0 Å². The Morgan fingerprint density at radius 1 is 0.905 bits per heavy atom. The van der Waals surface area contributed by atoms with Gasteiger partial charge in [0.15, 0.2) is 0 Å². The highest BCUT2D eigenvalue weighted by molar-refractivity contribution is 4.74. The number of hydrogen-bond donors (Lipinski definition) is 1. The number of nitrogens with one attached hydrogen (secondary N) is 1. The fraction of sp³-hybridized carbons (Fsp3) is 1.00. The summed E-state index contributed by atoms with van der Waals surface area (Å²) < 4.78 is 0. The van der Waals surface area contributed by atoms with Crippen LogP contribution in [0.25, 0.3) is 0 Å². The summed E-state index contributed by atoms with van der Waals surface area (Å²) in [5, 5.41) is 3.42. The molecule has 1 N–H and O–H groups in total. The van der Waals surface area contributed by atoms with Crippen molar-refractivity contribution in [3.05, 3.63) is 0 Å². The lowest BCUT2D eigenvalue weighted by atomic mass is 9.88. The van der Waals surface area contributed by atoms with Crippen LogP contribution < -0.4 is 5.32 Å². The minimum Gasteiger partial charge on any atom is -0.314 e. The van der Waals surface area contributed by atoms with Crippen LogP contribution in [0.15, 0.2) is 0 Å². The van der Waals surface area contributed by atoms with Crippen molar-refractivity contribution in [1.82, 2.24) is 15.1 Å². The van der Waals surface area contributed by atoms with Gasteiger partial charge in [0.2, 0.25) is 0 Å². The molecule has 126 valence electrons. The molecule has 2 aliphatic heterocycles. The molecule has 0 aromatic carbocycles. The van der Waals surface area contributed by atoms with Gasteiger partial charge in [-0.15, -0.1) is 0 Å². The van der Waals surface area contributed by atoms with Crippen LogP contribution in [0.3, 0.4) is 0 Å². The molecule has 2 heterocycles. The summed E-state index contributed by atoms with van der Waals surface area (Å²) >= 11 is 0. The Kier molecular flexibility index (Phi) is 10.3. The lowest BCUT2D eigenvalue weighted by Gasteiger charge is -2.33. The smallest absolute Gasteiger partial charge is 0.0107 e. The van der Waals surface area contributed by atoms with E-state index in [2.05, 4.69) is 29.0 Å². The lowest BCUT2D eigenvalue weighted by Crippen LogP contribution is -2.44. The van der Waals surface area contributed by atoms with Gasteiger partial charge < -0.3 is 15.1 Å². The Morgan fingerprint density at radius 3 is 1.95 bits per heavy atom. The summed E-state index contributed by atoms with van der Waals surface area (Å²) in [6.45, 7) is 18.9. The van der Waals surface area contributed by atoms with Gasteiger partial charge in [-0.25, -0.2) is 0 Å². The van der Waals surface area contributed by atoms with E-state index in [1.807, 2.05) is 13.8 Å². The molecule has 3 heteroatoms. The van der Waals surface area contributed by atoms with E-state index in [-0.39, 0.29) is 0 Å². The van der Waals surface area contributed by atoms with Crippen molar-refractivity contribution in [2.75, 3.05) is 52.4 Å². The molecule has 2 rings (SSSR count). The Bertz CT molecular complexity index is 229. The summed E-state index contributed by atoms with van der Waals surface area (Å²) in [6.07, 6.45) is 5.67. The molecular weight excluding hydrogens is 258 g/mol. The predicted molar refractivity (Wildman–Crippen MR) is 93.9 cm³/mol. The largest absolute Gasteiger partial charge is 0.314 e. The van der Waals surface area contributed by atoms with Gasteiger partial charge in [0.1, 0.15) is 0 Å². The van der Waals surface area contributed by atoms with Gasteiger partial charge in [0, 0.05) is 26.2 Å². The van der Waals surface area contributed by atoms with Gasteiger partial charge in [-0.1, -0.05) is 27.7 Å². The zero-order chi connectivity index (χ0) is 15.5. The van der Waals surface area contributed by atoms with E-state index < -0.39 is 0 Å². The molecule has 0 aliphatic carbocycles. The van der Waals surface area contributed by atoms with Crippen LogP contribution in [0.5, 0.6) is 0 Å². The minimum atomic E-state index is 0.879. The topological polar surface area (TPSA) is 18.5 Å². The van der Waals surface area contributed by atoms with E-state index in [1.54, 1.807) is 0 Å². The summed E-state index contributed by atoms with van der Waals surface area (Å²) in [5.41, 5.74) is 0. The molecule has 0 aromatic heterocycles. The molecule has 0 unspecified atom stereocenters. The maximum absolute atomic E-state index is 3.42. The fourth-order valence-electron chi connectivity index (χ4n) is 3.57. The lowest BCUT2D eigenvalue weighted by molar-refractivity contribution is 0.157. The van der Waals surface area contributed by atoms with E-state index in [0.717, 1.165) is 11.8 Å². The molecule has 21 heavy (non-hydrogen) atoms. The third kappa shape index (κ3) is 8.18. The number of rotatable bonds is 6. The second kappa shape index (κ2) is 11.4. The van der Waals surface area contributed by atoms with Crippen LogP contribution in [0, 0.1) is 11.8 Å². The highest BCUT2D eigenvalue weighted by Gasteiger charge is 2.19. The van der Waals surface area contributed by atoms with E-state index in [9.17, 15) is 0 Å². The molecule has 0 amide bonds. The van der Waals surface area contributed by atoms with Crippen LogP contribution >= 0.6 is 0 Å². The van der Waals surface area contributed by atoms with Crippen LogP contribution in [0.4, 0.5) is 0 Å². The maximum atomic E-state index is 3.42. The summed E-state index contributed by atoms with van der Waals surface area (Å²) in [7, 11) is 0. The van der Waals surface area contributed by atoms with Gasteiger partial charge in [-0.2, -0.15) is 0 Å². The first-order valence-corrected chi connectivity index (χ1v) is 9.39. The number of hydrogen-bond acceptors (Lipinski definition) is 3.